The number of nitrogens with zero attached hydrogens (tertiary/aromatic N) is 1. The van der Waals surface area contributed by atoms with Crippen molar-refractivity contribution in [3.63, 3.8) is 0 Å². The van der Waals surface area contributed by atoms with Gasteiger partial charge in [-0.15, -0.1) is 11.3 Å². The fourth-order valence-corrected chi connectivity index (χ4v) is 6.01. The Hall–Kier alpha value is -0.680. The molecule has 5 heteroatoms. The van der Waals surface area contributed by atoms with Crippen LogP contribution >= 0.6 is 27.3 Å². The van der Waals surface area contributed by atoms with E-state index in [9.17, 15) is 9.59 Å². The fraction of sp³-hybridized carbons (Fsp3) is 0.769. The molecule has 3 nitrogen and oxygen atoms in total. The smallest absolute Gasteiger partial charge is 0.263 e. The largest absolute Gasteiger partial charge is 0.274 e. The number of carbonyl (C=O) groups excluding carboxylic acids is 2. The lowest BCUT2D eigenvalue weighted by Crippen LogP contribution is -2.34. The SMILES string of the molecule is CCCCCCCCCCC(CCCCCCCC)CN1C(=O)c2csc(Br)c2C1=O. The normalized spacial score (nSPS) is 14.5. The Morgan fingerprint density at radius 3 is 1.74 bits per heavy atom. The zero-order valence-corrected chi connectivity index (χ0v) is 22.1. The summed E-state index contributed by atoms with van der Waals surface area (Å²) in [7, 11) is 0. The number of fused-ring (bicyclic) bond motifs is 1. The van der Waals surface area contributed by atoms with E-state index in [0.29, 0.717) is 23.6 Å². The second-order valence-electron chi connectivity index (χ2n) is 9.21. The van der Waals surface area contributed by atoms with Gasteiger partial charge in [0.1, 0.15) is 0 Å². The molecule has 2 heterocycles. The molecule has 0 saturated carbocycles. The third-order valence-corrected chi connectivity index (χ3v) is 8.28. The lowest BCUT2D eigenvalue weighted by atomic mass is 9.93. The molecule has 1 aromatic heterocycles. The minimum absolute atomic E-state index is 0.0918. The Kier molecular flexibility index (Phi) is 13.0. The van der Waals surface area contributed by atoms with Crippen molar-refractivity contribution < 1.29 is 9.59 Å². The Labute approximate surface area is 202 Å². The van der Waals surface area contributed by atoms with Crippen LogP contribution in [0.1, 0.15) is 137 Å². The van der Waals surface area contributed by atoms with Crippen molar-refractivity contribution >= 4 is 39.1 Å². The van der Waals surface area contributed by atoms with Gasteiger partial charge >= 0.3 is 0 Å². The molecule has 0 aromatic carbocycles. The van der Waals surface area contributed by atoms with Crippen LogP contribution < -0.4 is 0 Å². The maximum Gasteiger partial charge on any atom is 0.263 e. The Morgan fingerprint density at radius 2 is 1.26 bits per heavy atom. The first-order valence-corrected chi connectivity index (χ1v) is 14.4. The fourth-order valence-electron chi connectivity index (χ4n) is 4.59. The molecule has 0 bridgehead atoms. The highest BCUT2D eigenvalue weighted by molar-refractivity contribution is 9.11. The van der Waals surface area contributed by atoms with Crippen molar-refractivity contribution in [3.05, 3.63) is 20.3 Å². The van der Waals surface area contributed by atoms with E-state index in [-0.39, 0.29) is 11.8 Å². The lowest BCUT2D eigenvalue weighted by Gasteiger charge is -2.23. The van der Waals surface area contributed by atoms with E-state index >= 15 is 0 Å². The molecule has 0 saturated heterocycles. The molecule has 2 amide bonds. The third kappa shape index (κ3) is 8.64. The quantitative estimate of drug-likeness (QED) is 0.145. The van der Waals surface area contributed by atoms with E-state index in [1.54, 1.807) is 0 Å². The summed E-state index contributed by atoms with van der Waals surface area (Å²) in [5, 5.41) is 1.82. The van der Waals surface area contributed by atoms with E-state index in [4.69, 9.17) is 0 Å². The van der Waals surface area contributed by atoms with E-state index in [1.165, 1.54) is 106 Å². The molecule has 0 aliphatic carbocycles. The topological polar surface area (TPSA) is 37.4 Å². The molecular weight excluding hydrogens is 470 g/mol. The van der Waals surface area contributed by atoms with Crippen LogP contribution in [0.5, 0.6) is 0 Å². The van der Waals surface area contributed by atoms with Crippen LogP contribution in [0.3, 0.4) is 0 Å². The summed E-state index contributed by atoms with van der Waals surface area (Å²) in [6.07, 6.45) is 20.6. The molecule has 1 aliphatic rings. The number of amides is 2. The standard InChI is InChI=1S/C26H42BrNO2S/c1-3-5-7-9-11-12-14-16-18-21(17-15-13-10-8-6-4-2)19-28-25(29)22-20-31-24(27)23(22)26(28)30/h20-21H,3-19H2,1-2H3. The van der Waals surface area contributed by atoms with Crippen LogP contribution in [0.2, 0.25) is 0 Å². The molecule has 1 aliphatic heterocycles. The van der Waals surface area contributed by atoms with Crippen LogP contribution in [0.15, 0.2) is 9.17 Å². The molecule has 1 unspecified atom stereocenters. The van der Waals surface area contributed by atoms with Gasteiger partial charge in [0.05, 0.1) is 14.9 Å². The molecule has 0 spiro atoms. The van der Waals surface area contributed by atoms with Gasteiger partial charge in [0.15, 0.2) is 0 Å². The highest BCUT2D eigenvalue weighted by Crippen LogP contribution is 2.35. The van der Waals surface area contributed by atoms with E-state index in [2.05, 4.69) is 29.8 Å². The van der Waals surface area contributed by atoms with Crippen molar-refractivity contribution in [2.24, 2.45) is 5.92 Å². The second-order valence-corrected chi connectivity index (χ2v) is 11.4. The number of rotatable bonds is 18. The number of unbranched alkanes of at least 4 members (excludes halogenated alkanes) is 12. The number of halogens is 1. The van der Waals surface area contributed by atoms with Gasteiger partial charge in [-0.25, -0.2) is 0 Å². The van der Waals surface area contributed by atoms with Gasteiger partial charge in [0.2, 0.25) is 0 Å². The van der Waals surface area contributed by atoms with Crippen molar-refractivity contribution in [2.75, 3.05) is 6.54 Å². The Morgan fingerprint density at radius 1 is 0.774 bits per heavy atom. The maximum absolute atomic E-state index is 12.9. The lowest BCUT2D eigenvalue weighted by molar-refractivity contribution is 0.0621. The number of carbonyl (C=O) groups is 2. The van der Waals surface area contributed by atoms with E-state index in [0.717, 1.165) is 16.6 Å². The van der Waals surface area contributed by atoms with E-state index < -0.39 is 0 Å². The monoisotopic (exact) mass is 511 g/mol. The number of hydrogen-bond acceptors (Lipinski definition) is 3. The highest BCUT2D eigenvalue weighted by Gasteiger charge is 2.39. The number of imide groups is 1. The third-order valence-electron chi connectivity index (χ3n) is 6.55. The molecule has 0 radical (unpaired) electrons. The summed E-state index contributed by atoms with van der Waals surface area (Å²) in [5.74, 6) is 0.244. The molecule has 1 aromatic rings. The first-order valence-electron chi connectivity index (χ1n) is 12.7. The summed E-state index contributed by atoms with van der Waals surface area (Å²) in [6.45, 7) is 5.10. The zero-order valence-electron chi connectivity index (χ0n) is 19.7. The molecular formula is C26H42BrNO2S. The molecule has 1 atom stereocenters. The van der Waals surface area contributed by atoms with Crippen molar-refractivity contribution in [1.82, 2.24) is 4.90 Å². The van der Waals surface area contributed by atoms with Crippen LogP contribution in [0.4, 0.5) is 0 Å². The first kappa shape index (κ1) is 26.6. The highest BCUT2D eigenvalue weighted by atomic mass is 79.9. The van der Waals surface area contributed by atoms with Crippen LogP contribution in [-0.4, -0.2) is 23.3 Å². The van der Waals surface area contributed by atoms with Crippen LogP contribution in [0.25, 0.3) is 0 Å². The van der Waals surface area contributed by atoms with Gasteiger partial charge in [0.25, 0.3) is 11.8 Å². The molecule has 176 valence electrons. The van der Waals surface area contributed by atoms with Gasteiger partial charge < -0.3 is 0 Å². The second kappa shape index (κ2) is 15.2. The van der Waals surface area contributed by atoms with Crippen LogP contribution in [-0.2, 0) is 0 Å². The summed E-state index contributed by atoms with van der Waals surface area (Å²) < 4.78 is 0.791. The molecule has 2 rings (SSSR count). The Balaban J connectivity index is 1.80. The zero-order chi connectivity index (χ0) is 22.5. The number of thiophene rings is 1. The predicted molar refractivity (Wildman–Crippen MR) is 136 cm³/mol. The van der Waals surface area contributed by atoms with Crippen molar-refractivity contribution in [1.29, 1.82) is 0 Å². The van der Waals surface area contributed by atoms with Gasteiger partial charge in [-0.1, -0.05) is 104 Å². The number of hydrogen-bond donors (Lipinski definition) is 0. The molecule has 31 heavy (non-hydrogen) atoms. The molecule has 0 fully saturated rings. The summed E-state index contributed by atoms with van der Waals surface area (Å²) in [5.41, 5.74) is 1.17. The van der Waals surface area contributed by atoms with Crippen molar-refractivity contribution in [2.45, 2.75) is 117 Å². The average molecular weight is 513 g/mol. The maximum atomic E-state index is 12.9. The molecule has 0 N–H and O–H groups in total. The summed E-state index contributed by atoms with van der Waals surface area (Å²) in [4.78, 5) is 27.2. The predicted octanol–water partition coefficient (Wildman–Crippen LogP) is 9.00. The van der Waals surface area contributed by atoms with Gasteiger partial charge in [0, 0.05) is 11.9 Å². The minimum Gasteiger partial charge on any atom is -0.274 e. The van der Waals surface area contributed by atoms with Gasteiger partial charge in [-0.3, -0.25) is 14.5 Å². The van der Waals surface area contributed by atoms with Gasteiger partial charge in [-0.05, 0) is 34.7 Å². The summed E-state index contributed by atoms with van der Waals surface area (Å²) in [6, 6.07) is 0. The Bertz CT molecular complexity index is 672. The first-order chi connectivity index (χ1) is 15.1. The summed E-state index contributed by atoms with van der Waals surface area (Å²) >= 11 is 4.88. The van der Waals surface area contributed by atoms with Gasteiger partial charge in [-0.2, -0.15) is 0 Å². The van der Waals surface area contributed by atoms with Crippen molar-refractivity contribution in [3.8, 4) is 0 Å². The average Bonchev–Trinajstić information content (AvgIpc) is 3.26. The van der Waals surface area contributed by atoms with E-state index in [1.807, 2.05) is 5.38 Å². The minimum atomic E-state index is -0.100. The van der Waals surface area contributed by atoms with Crippen LogP contribution in [0, 0.1) is 5.92 Å².